The van der Waals surface area contributed by atoms with E-state index in [0.29, 0.717) is 15.6 Å². The average Bonchev–Trinajstić information content (AvgIpc) is 3.19. The normalized spacial score (nSPS) is 14.8. The Labute approximate surface area is 178 Å². The summed E-state index contributed by atoms with van der Waals surface area (Å²) in [4.78, 5) is 16.6. The van der Waals surface area contributed by atoms with E-state index in [1.165, 1.54) is 0 Å². The van der Waals surface area contributed by atoms with Gasteiger partial charge in [-0.05, 0) is 55.8 Å². The molecule has 1 aliphatic heterocycles. The van der Waals surface area contributed by atoms with Crippen molar-refractivity contribution >= 4 is 46.1 Å². The predicted octanol–water partition coefficient (Wildman–Crippen LogP) is 6.12. The summed E-state index contributed by atoms with van der Waals surface area (Å²) in [6, 6.07) is 17.5. The molecule has 1 N–H and O–H groups in total. The van der Waals surface area contributed by atoms with Gasteiger partial charge in [0.15, 0.2) is 0 Å². The van der Waals surface area contributed by atoms with E-state index in [0.717, 1.165) is 42.1 Å². The lowest BCUT2D eigenvalue weighted by Gasteiger charge is -2.34. The molecular weight excluding hydrogens is 411 g/mol. The number of piperidine rings is 1. The third-order valence-corrected chi connectivity index (χ3v) is 6.49. The SMILES string of the molecule is O=C(c1ccc(Cl)cc1Cl)N(c1csc(-c2ccccc2)c1)C1CCNCC1. The van der Waals surface area contributed by atoms with Crippen molar-refractivity contribution in [2.45, 2.75) is 18.9 Å². The molecule has 2 aromatic carbocycles. The lowest BCUT2D eigenvalue weighted by atomic mass is 10.0. The Morgan fingerprint density at radius 3 is 2.50 bits per heavy atom. The van der Waals surface area contributed by atoms with Crippen molar-refractivity contribution in [1.29, 1.82) is 0 Å². The molecule has 1 amide bonds. The molecule has 4 rings (SSSR count). The summed E-state index contributed by atoms with van der Waals surface area (Å²) < 4.78 is 0. The molecule has 0 aliphatic carbocycles. The molecule has 1 aromatic heterocycles. The number of hydrogen-bond acceptors (Lipinski definition) is 3. The van der Waals surface area contributed by atoms with Crippen LogP contribution in [-0.4, -0.2) is 25.0 Å². The number of halogens is 2. The Bertz CT molecular complexity index is 968. The van der Waals surface area contributed by atoms with E-state index < -0.39 is 0 Å². The van der Waals surface area contributed by atoms with Gasteiger partial charge in [-0.2, -0.15) is 0 Å². The zero-order chi connectivity index (χ0) is 19.5. The van der Waals surface area contributed by atoms with E-state index in [9.17, 15) is 4.79 Å². The van der Waals surface area contributed by atoms with Crippen LogP contribution in [0.1, 0.15) is 23.2 Å². The largest absolute Gasteiger partial charge is 0.317 e. The van der Waals surface area contributed by atoms with Gasteiger partial charge in [-0.25, -0.2) is 0 Å². The summed E-state index contributed by atoms with van der Waals surface area (Å²) in [6.45, 7) is 1.80. The van der Waals surface area contributed by atoms with E-state index in [1.807, 2.05) is 23.1 Å². The Balaban J connectivity index is 1.72. The first-order valence-corrected chi connectivity index (χ1v) is 10.9. The molecule has 1 aliphatic rings. The molecule has 0 unspecified atom stereocenters. The zero-order valence-electron chi connectivity index (χ0n) is 15.2. The van der Waals surface area contributed by atoms with E-state index in [-0.39, 0.29) is 11.9 Å². The monoisotopic (exact) mass is 430 g/mol. The lowest BCUT2D eigenvalue weighted by Crippen LogP contribution is -2.46. The van der Waals surface area contributed by atoms with Crippen LogP contribution in [0.2, 0.25) is 10.0 Å². The molecular formula is C22H20Cl2N2OS. The van der Waals surface area contributed by atoms with Crippen molar-refractivity contribution < 1.29 is 4.79 Å². The molecule has 2 heterocycles. The van der Waals surface area contributed by atoms with Crippen LogP contribution in [0, 0.1) is 0 Å². The van der Waals surface area contributed by atoms with Gasteiger partial charge in [0.05, 0.1) is 16.3 Å². The highest BCUT2D eigenvalue weighted by molar-refractivity contribution is 7.14. The highest BCUT2D eigenvalue weighted by atomic mass is 35.5. The predicted molar refractivity (Wildman–Crippen MR) is 119 cm³/mol. The summed E-state index contributed by atoms with van der Waals surface area (Å²) in [5, 5.41) is 6.34. The summed E-state index contributed by atoms with van der Waals surface area (Å²) in [7, 11) is 0. The maximum atomic E-state index is 13.5. The van der Waals surface area contributed by atoms with Gasteiger partial charge >= 0.3 is 0 Å². The van der Waals surface area contributed by atoms with Gasteiger partial charge in [0.1, 0.15) is 0 Å². The Morgan fingerprint density at radius 1 is 1.04 bits per heavy atom. The third kappa shape index (κ3) is 4.11. The van der Waals surface area contributed by atoms with Gasteiger partial charge < -0.3 is 10.2 Å². The molecule has 0 radical (unpaired) electrons. The molecule has 0 spiro atoms. The van der Waals surface area contributed by atoms with Gasteiger partial charge in [0.2, 0.25) is 0 Å². The topological polar surface area (TPSA) is 32.3 Å². The van der Waals surface area contributed by atoms with Crippen LogP contribution in [-0.2, 0) is 0 Å². The van der Waals surface area contributed by atoms with Gasteiger partial charge in [-0.15, -0.1) is 11.3 Å². The maximum absolute atomic E-state index is 13.5. The third-order valence-electron chi connectivity index (χ3n) is 4.98. The second-order valence-electron chi connectivity index (χ2n) is 6.82. The van der Waals surface area contributed by atoms with Crippen LogP contribution in [0.15, 0.2) is 60.0 Å². The van der Waals surface area contributed by atoms with Gasteiger partial charge in [0, 0.05) is 21.3 Å². The summed E-state index contributed by atoms with van der Waals surface area (Å²) in [6.07, 6.45) is 1.82. The standard InChI is InChI=1S/C22H20Cl2N2OS/c23-16-6-7-19(20(24)12-16)22(27)26(17-8-10-25-11-9-17)18-13-21(28-14-18)15-4-2-1-3-5-15/h1-7,12-14,17,25H,8-11H2. The number of rotatable bonds is 4. The smallest absolute Gasteiger partial charge is 0.260 e. The van der Waals surface area contributed by atoms with Gasteiger partial charge in [-0.1, -0.05) is 53.5 Å². The van der Waals surface area contributed by atoms with Crippen LogP contribution in [0.4, 0.5) is 5.69 Å². The quantitative estimate of drug-likeness (QED) is 0.540. The second kappa shape index (κ2) is 8.66. The number of nitrogens with zero attached hydrogens (tertiary/aromatic N) is 1. The lowest BCUT2D eigenvalue weighted by molar-refractivity contribution is 0.0972. The van der Waals surface area contributed by atoms with E-state index >= 15 is 0 Å². The van der Waals surface area contributed by atoms with Crippen LogP contribution in [0.3, 0.4) is 0 Å². The van der Waals surface area contributed by atoms with Crippen LogP contribution in [0.5, 0.6) is 0 Å². The summed E-state index contributed by atoms with van der Waals surface area (Å²) in [5.74, 6) is -0.0778. The molecule has 144 valence electrons. The number of anilines is 1. The molecule has 6 heteroatoms. The van der Waals surface area contributed by atoms with Crippen molar-refractivity contribution in [1.82, 2.24) is 5.32 Å². The van der Waals surface area contributed by atoms with Crippen molar-refractivity contribution in [2.24, 2.45) is 0 Å². The minimum atomic E-state index is -0.0778. The van der Waals surface area contributed by atoms with Crippen molar-refractivity contribution in [2.75, 3.05) is 18.0 Å². The highest BCUT2D eigenvalue weighted by Gasteiger charge is 2.29. The van der Waals surface area contributed by atoms with Gasteiger partial charge in [0.25, 0.3) is 5.91 Å². The molecule has 1 fully saturated rings. The van der Waals surface area contributed by atoms with E-state index in [2.05, 4.69) is 28.9 Å². The van der Waals surface area contributed by atoms with Crippen molar-refractivity contribution in [3.8, 4) is 10.4 Å². The van der Waals surface area contributed by atoms with Crippen LogP contribution < -0.4 is 10.2 Å². The second-order valence-corrected chi connectivity index (χ2v) is 8.57. The molecule has 1 saturated heterocycles. The molecule has 3 aromatic rings. The fraction of sp³-hybridized carbons (Fsp3) is 0.227. The molecule has 3 nitrogen and oxygen atoms in total. The van der Waals surface area contributed by atoms with E-state index in [1.54, 1.807) is 29.5 Å². The first-order valence-electron chi connectivity index (χ1n) is 9.27. The summed E-state index contributed by atoms with van der Waals surface area (Å²) >= 11 is 14.0. The van der Waals surface area contributed by atoms with Crippen molar-refractivity contribution in [3.05, 3.63) is 75.6 Å². The number of thiophene rings is 1. The number of hydrogen-bond donors (Lipinski definition) is 1. The van der Waals surface area contributed by atoms with E-state index in [4.69, 9.17) is 23.2 Å². The number of benzene rings is 2. The minimum absolute atomic E-state index is 0.0778. The molecule has 0 saturated carbocycles. The number of carbonyl (C=O) groups is 1. The fourth-order valence-electron chi connectivity index (χ4n) is 3.56. The van der Waals surface area contributed by atoms with Crippen LogP contribution in [0.25, 0.3) is 10.4 Å². The average molecular weight is 431 g/mol. The minimum Gasteiger partial charge on any atom is -0.317 e. The van der Waals surface area contributed by atoms with Crippen molar-refractivity contribution in [3.63, 3.8) is 0 Å². The number of nitrogens with one attached hydrogen (secondary N) is 1. The molecule has 28 heavy (non-hydrogen) atoms. The Kier molecular flexibility index (Phi) is 6.02. The number of amides is 1. The molecule has 0 atom stereocenters. The zero-order valence-corrected chi connectivity index (χ0v) is 17.5. The molecule has 0 bridgehead atoms. The highest BCUT2D eigenvalue weighted by Crippen LogP contribution is 2.35. The fourth-order valence-corrected chi connectivity index (χ4v) is 4.94. The first-order chi connectivity index (χ1) is 13.6. The maximum Gasteiger partial charge on any atom is 0.260 e. The Hall–Kier alpha value is -1.85. The Morgan fingerprint density at radius 2 is 1.79 bits per heavy atom. The van der Waals surface area contributed by atoms with Crippen LogP contribution >= 0.6 is 34.5 Å². The van der Waals surface area contributed by atoms with Gasteiger partial charge in [-0.3, -0.25) is 4.79 Å². The summed E-state index contributed by atoms with van der Waals surface area (Å²) in [5.41, 5.74) is 2.56. The number of carbonyl (C=O) groups excluding carboxylic acids is 1. The first kappa shape index (κ1) is 19.5.